The van der Waals surface area contributed by atoms with Crippen molar-refractivity contribution >= 4 is 12.2 Å². The van der Waals surface area contributed by atoms with Crippen molar-refractivity contribution in [1.29, 1.82) is 0 Å². The summed E-state index contributed by atoms with van der Waals surface area (Å²) >= 11 is 0. The maximum Gasteiger partial charge on any atom is 0.222 e. The Hall–Kier alpha value is -0.860. The molecule has 1 N–H and O–H groups in total. The van der Waals surface area contributed by atoms with E-state index in [1.807, 2.05) is 0 Å². The molecule has 1 amide bonds. The third-order valence-corrected chi connectivity index (χ3v) is 1.60. The highest BCUT2D eigenvalue weighted by Gasteiger charge is 2.29. The SMILES string of the molecule is CC(C=O)C1CC(=O)N1. The lowest BCUT2D eigenvalue weighted by Gasteiger charge is -2.29. The Labute approximate surface area is 53.4 Å². The maximum atomic E-state index is 10.3. The summed E-state index contributed by atoms with van der Waals surface area (Å²) in [6.45, 7) is 1.80. The van der Waals surface area contributed by atoms with Crippen molar-refractivity contribution in [2.45, 2.75) is 19.4 Å². The summed E-state index contributed by atoms with van der Waals surface area (Å²) in [5.74, 6) is 0.0244. The zero-order chi connectivity index (χ0) is 6.85. The summed E-state index contributed by atoms with van der Waals surface area (Å²) in [6.07, 6.45) is 1.38. The average molecular weight is 127 g/mol. The molecule has 1 saturated heterocycles. The summed E-state index contributed by atoms with van der Waals surface area (Å²) in [5, 5.41) is 2.62. The molecule has 0 radical (unpaired) electrons. The van der Waals surface area contributed by atoms with Crippen LogP contribution in [0.3, 0.4) is 0 Å². The molecule has 2 unspecified atom stereocenters. The first-order chi connectivity index (χ1) is 4.24. The second-order valence-corrected chi connectivity index (χ2v) is 2.37. The Morgan fingerprint density at radius 3 is 2.78 bits per heavy atom. The van der Waals surface area contributed by atoms with Crippen molar-refractivity contribution < 1.29 is 9.59 Å². The molecule has 50 valence electrons. The molecule has 0 aromatic rings. The van der Waals surface area contributed by atoms with Crippen LogP contribution in [0.2, 0.25) is 0 Å². The van der Waals surface area contributed by atoms with Gasteiger partial charge >= 0.3 is 0 Å². The van der Waals surface area contributed by atoms with Crippen LogP contribution in [0.15, 0.2) is 0 Å². The Morgan fingerprint density at radius 2 is 2.44 bits per heavy atom. The highest BCUT2D eigenvalue weighted by molar-refractivity contribution is 5.84. The number of amides is 1. The average Bonchev–Trinajstić information content (AvgIpc) is 1.79. The van der Waals surface area contributed by atoms with E-state index in [2.05, 4.69) is 5.32 Å². The molecule has 9 heavy (non-hydrogen) atoms. The Bertz CT molecular complexity index is 136. The molecule has 0 spiro atoms. The van der Waals surface area contributed by atoms with Gasteiger partial charge < -0.3 is 10.1 Å². The minimum Gasteiger partial charge on any atom is -0.352 e. The van der Waals surface area contributed by atoms with Gasteiger partial charge in [-0.05, 0) is 0 Å². The number of carbonyl (C=O) groups excluding carboxylic acids is 2. The third-order valence-electron chi connectivity index (χ3n) is 1.60. The van der Waals surface area contributed by atoms with Crippen LogP contribution in [-0.4, -0.2) is 18.2 Å². The van der Waals surface area contributed by atoms with E-state index in [-0.39, 0.29) is 17.9 Å². The molecule has 3 heteroatoms. The van der Waals surface area contributed by atoms with Gasteiger partial charge in [-0.25, -0.2) is 0 Å². The van der Waals surface area contributed by atoms with Gasteiger partial charge in [0.15, 0.2) is 0 Å². The second-order valence-electron chi connectivity index (χ2n) is 2.37. The zero-order valence-corrected chi connectivity index (χ0v) is 5.26. The monoisotopic (exact) mass is 127 g/mol. The number of rotatable bonds is 2. The predicted octanol–water partition coefficient (Wildman–Crippen LogP) is -0.290. The van der Waals surface area contributed by atoms with Gasteiger partial charge in [0.1, 0.15) is 6.29 Å². The van der Waals surface area contributed by atoms with E-state index in [4.69, 9.17) is 0 Å². The number of hydrogen-bond donors (Lipinski definition) is 1. The molecule has 1 heterocycles. The van der Waals surface area contributed by atoms with Gasteiger partial charge in [-0.3, -0.25) is 4.79 Å². The van der Waals surface area contributed by atoms with Crippen molar-refractivity contribution in [1.82, 2.24) is 5.32 Å². The first-order valence-corrected chi connectivity index (χ1v) is 2.98. The van der Waals surface area contributed by atoms with Crippen molar-refractivity contribution in [3.8, 4) is 0 Å². The lowest BCUT2D eigenvalue weighted by Crippen LogP contribution is -2.52. The van der Waals surface area contributed by atoms with Crippen LogP contribution < -0.4 is 5.32 Å². The van der Waals surface area contributed by atoms with E-state index in [9.17, 15) is 9.59 Å². The second kappa shape index (κ2) is 2.17. The van der Waals surface area contributed by atoms with E-state index in [0.29, 0.717) is 6.42 Å². The predicted molar refractivity (Wildman–Crippen MR) is 31.8 cm³/mol. The summed E-state index contributed by atoms with van der Waals surface area (Å²) in [6, 6.07) is 0.106. The molecule has 3 nitrogen and oxygen atoms in total. The van der Waals surface area contributed by atoms with Crippen LogP contribution in [-0.2, 0) is 9.59 Å². The number of nitrogens with one attached hydrogen (secondary N) is 1. The van der Waals surface area contributed by atoms with Gasteiger partial charge in [0, 0.05) is 18.4 Å². The first kappa shape index (κ1) is 6.26. The molecule has 0 aromatic carbocycles. The Morgan fingerprint density at radius 1 is 1.89 bits per heavy atom. The highest BCUT2D eigenvalue weighted by Crippen LogP contribution is 2.11. The Kier molecular flexibility index (Phi) is 1.51. The quantitative estimate of drug-likeness (QED) is 0.409. The maximum absolute atomic E-state index is 10.3. The van der Waals surface area contributed by atoms with Crippen molar-refractivity contribution in [2.24, 2.45) is 5.92 Å². The van der Waals surface area contributed by atoms with E-state index in [1.165, 1.54) is 0 Å². The van der Waals surface area contributed by atoms with E-state index in [1.54, 1.807) is 6.92 Å². The normalized spacial score (nSPS) is 28.1. The Balaban J connectivity index is 2.30. The lowest BCUT2D eigenvalue weighted by molar-refractivity contribution is -0.130. The fraction of sp³-hybridized carbons (Fsp3) is 0.667. The van der Waals surface area contributed by atoms with Crippen LogP contribution in [0, 0.1) is 5.92 Å². The lowest BCUT2D eigenvalue weighted by atomic mass is 9.94. The number of carbonyl (C=O) groups is 2. The zero-order valence-electron chi connectivity index (χ0n) is 5.26. The summed E-state index contributed by atoms with van der Waals surface area (Å²) < 4.78 is 0. The van der Waals surface area contributed by atoms with Gasteiger partial charge in [-0.2, -0.15) is 0 Å². The molecule has 1 aliphatic rings. The van der Waals surface area contributed by atoms with E-state index >= 15 is 0 Å². The molecule has 1 fully saturated rings. The number of β-lactam (4-membered cyclic amide) rings is 1. The topological polar surface area (TPSA) is 46.2 Å². The van der Waals surface area contributed by atoms with Crippen LogP contribution >= 0.6 is 0 Å². The minimum atomic E-state index is -0.0253. The molecular weight excluding hydrogens is 118 g/mol. The fourth-order valence-corrected chi connectivity index (χ4v) is 0.798. The number of hydrogen-bond acceptors (Lipinski definition) is 2. The van der Waals surface area contributed by atoms with Crippen LogP contribution in [0.5, 0.6) is 0 Å². The first-order valence-electron chi connectivity index (χ1n) is 2.98. The molecule has 1 aliphatic heterocycles. The van der Waals surface area contributed by atoms with Crippen molar-refractivity contribution in [3.05, 3.63) is 0 Å². The van der Waals surface area contributed by atoms with Gasteiger partial charge in [-0.15, -0.1) is 0 Å². The molecule has 0 saturated carbocycles. The molecule has 0 bridgehead atoms. The standard InChI is InChI=1S/C6H9NO2/c1-4(3-8)5-2-6(9)7-5/h3-5H,2H2,1H3,(H,7,9). The van der Waals surface area contributed by atoms with Crippen molar-refractivity contribution in [2.75, 3.05) is 0 Å². The summed E-state index contributed by atoms with van der Waals surface area (Å²) in [4.78, 5) is 20.4. The van der Waals surface area contributed by atoms with Gasteiger partial charge in [0.05, 0.1) is 0 Å². The molecular formula is C6H9NO2. The van der Waals surface area contributed by atoms with E-state index < -0.39 is 0 Å². The van der Waals surface area contributed by atoms with Gasteiger partial charge in [-0.1, -0.05) is 6.92 Å². The van der Waals surface area contributed by atoms with E-state index in [0.717, 1.165) is 6.29 Å². The summed E-state index contributed by atoms with van der Waals surface area (Å²) in [5.41, 5.74) is 0. The van der Waals surface area contributed by atoms with Crippen LogP contribution in [0.25, 0.3) is 0 Å². The van der Waals surface area contributed by atoms with Gasteiger partial charge in [0.2, 0.25) is 5.91 Å². The van der Waals surface area contributed by atoms with Crippen LogP contribution in [0.1, 0.15) is 13.3 Å². The fourth-order valence-electron chi connectivity index (χ4n) is 0.798. The van der Waals surface area contributed by atoms with Crippen molar-refractivity contribution in [3.63, 3.8) is 0 Å². The number of aldehydes is 1. The summed E-state index contributed by atoms with van der Waals surface area (Å²) in [7, 11) is 0. The molecule has 1 rings (SSSR count). The third kappa shape index (κ3) is 1.09. The molecule has 2 atom stereocenters. The molecule has 0 aliphatic carbocycles. The minimum absolute atomic E-state index is 0.0253. The van der Waals surface area contributed by atoms with Crippen LogP contribution in [0.4, 0.5) is 0 Å². The smallest absolute Gasteiger partial charge is 0.222 e. The largest absolute Gasteiger partial charge is 0.352 e. The molecule has 0 aromatic heterocycles. The highest BCUT2D eigenvalue weighted by atomic mass is 16.2. The van der Waals surface area contributed by atoms with Gasteiger partial charge in [0.25, 0.3) is 0 Å².